The van der Waals surface area contributed by atoms with Gasteiger partial charge in [0.2, 0.25) is 0 Å². The van der Waals surface area contributed by atoms with E-state index in [0.717, 1.165) is 42.9 Å². The number of hydrogen-bond donors (Lipinski definition) is 0. The van der Waals surface area contributed by atoms with Crippen molar-refractivity contribution in [3.63, 3.8) is 0 Å². The fourth-order valence-electron chi connectivity index (χ4n) is 4.24. The van der Waals surface area contributed by atoms with Gasteiger partial charge in [-0.3, -0.25) is 9.78 Å². The molecule has 4 rings (SSSR count). The summed E-state index contributed by atoms with van der Waals surface area (Å²) in [7, 11) is 1.69. The first kappa shape index (κ1) is 21.2. The van der Waals surface area contributed by atoms with Crippen molar-refractivity contribution in [1.29, 1.82) is 0 Å². The van der Waals surface area contributed by atoms with Crippen molar-refractivity contribution in [3.05, 3.63) is 47.4 Å². The Labute approximate surface area is 181 Å². The molecule has 1 amide bonds. The lowest BCUT2D eigenvalue weighted by molar-refractivity contribution is 0.0671. The molecule has 4 heterocycles. The van der Waals surface area contributed by atoms with Crippen LogP contribution in [0.15, 0.2) is 29.2 Å². The molecule has 1 unspecified atom stereocenters. The number of ether oxygens (including phenoxy) is 1. The molecule has 0 aromatic carbocycles. The average molecular weight is 425 g/mol. The molecule has 1 saturated heterocycles. The zero-order valence-corrected chi connectivity index (χ0v) is 18.2. The highest BCUT2D eigenvalue weighted by Crippen LogP contribution is 2.24. The summed E-state index contributed by atoms with van der Waals surface area (Å²) >= 11 is 0. The van der Waals surface area contributed by atoms with E-state index in [1.807, 2.05) is 24.8 Å². The largest absolute Gasteiger partial charge is 0.383 e. The Bertz CT molecular complexity index is 1030. The molecule has 0 radical (unpaired) electrons. The van der Waals surface area contributed by atoms with E-state index in [9.17, 15) is 4.79 Å². The Morgan fingerprint density at radius 2 is 2.19 bits per heavy atom. The van der Waals surface area contributed by atoms with Crippen LogP contribution in [0.1, 0.15) is 40.4 Å². The van der Waals surface area contributed by atoms with E-state index in [1.165, 1.54) is 0 Å². The Balaban J connectivity index is 1.42. The Hall–Kier alpha value is -3.07. The van der Waals surface area contributed by atoms with E-state index in [0.29, 0.717) is 42.9 Å². The van der Waals surface area contributed by atoms with Gasteiger partial charge in [-0.05, 0) is 38.7 Å². The Morgan fingerprint density at radius 1 is 1.32 bits per heavy atom. The van der Waals surface area contributed by atoms with Gasteiger partial charge in [0.05, 0.1) is 18.4 Å². The lowest BCUT2D eigenvalue weighted by Gasteiger charge is -2.32. The van der Waals surface area contributed by atoms with Gasteiger partial charge in [-0.15, -0.1) is 0 Å². The predicted octanol–water partition coefficient (Wildman–Crippen LogP) is 2.69. The van der Waals surface area contributed by atoms with Gasteiger partial charge in [0.25, 0.3) is 11.8 Å². The van der Waals surface area contributed by atoms with E-state index in [4.69, 9.17) is 9.26 Å². The molecule has 164 valence electrons. The van der Waals surface area contributed by atoms with Crippen molar-refractivity contribution < 1.29 is 14.1 Å². The van der Waals surface area contributed by atoms with E-state index >= 15 is 0 Å². The number of methoxy groups -OCH3 is 1. The molecular weight excluding hydrogens is 396 g/mol. The first-order valence-electron chi connectivity index (χ1n) is 10.6. The summed E-state index contributed by atoms with van der Waals surface area (Å²) in [6.07, 6.45) is 7.46. The average Bonchev–Trinajstić information content (AvgIpc) is 3.37. The molecule has 0 N–H and O–H groups in total. The summed E-state index contributed by atoms with van der Waals surface area (Å²) < 4.78 is 12.7. The van der Waals surface area contributed by atoms with Crippen LogP contribution in [-0.4, -0.2) is 62.3 Å². The second-order valence-corrected chi connectivity index (χ2v) is 8.00. The number of nitrogens with zero attached hydrogens (tertiary/aromatic N) is 6. The lowest BCUT2D eigenvalue weighted by atomic mass is 9.94. The zero-order chi connectivity index (χ0) is 21.8. The van der Waals surface area contributed by atoms with Crippen molar-refractivity contribution in [3.8, 4) is 11.6 Å². The Morgan fingerprint density at radius 3 is 2.97 bits per heavy atom. The van der Waals surface area contributed by atoms with Gasteiger partial charge in [-0.25, -0.2) is 4.98 Å². The molecule has 9 nitrogen and oxygen atoms in total. The quantitative estimate of drug-likeness (QED) is 0.575. The van der Waals surface area contributed by atoms with Crippen LogP contribution in [0.2, 0.25) is 0 Å². The Kier molecular flexibility index (Phi) is 6.41. The van der Waals surface area contributed by atoms with Crippen LogP contribution in [0, 0.1) is 19.8 Å². The number of likely N-dealkylation sites (tertiary alicyclic amines) is 1. The van der Waals surface area contributed by atoms with Crippen molar-refractivity contribution in [2.75, 3.05) is 26.8 Å². The van der Waals surface area contributed by atoms with Crippen LogP contribution in [0.25, 0.3) is 11.6 Å². The normalized spacial score (nSPS) is 16.6. The standard InChI is InChI=1S/C22H28N6O3/c1-15-11-18(16(2)28(15)9-10-30-3)22(29)27-8-4-5-17(14-27)12-20-25-21(31-26-20)19-13-23-6-7-24-19/h6-7,11,13,17H,4-5,8-10,12,14H2,1-3H3. The number of carbonyl (C=O) groups excluding carboxylic acids is 1. The van der Waals surface area contributed by atoms with Gasteiger partial charge in [0.1, 0.15) is 5.69 Å². The van der Waals surface area contributed by atoms with Crippen LogP contribution < -0.4 is 0 Å². The third kappa shape index (κ3) is 4.66. The summed E-state index contributed by atoms with van der Waals surface area (Å²) in [5.74, 6) is 1.39. The van der Waals surface area contributed by atoms with E-state index in [1.54, 1.807) is 25.7 Å². The smallest absolute Gasteiger partial charge is 0.278 e. The highest BCUT2D eigenvalue weighted by molar-refractivity contribution is 5.95. The number of rotatable bonds is 7. The molecule has 0 aliphatic carbocycles. The molecule has 31 heavy (non-hydrogen) atoms. The monoisotopic (exact) mass is 424 g/mol. The molecule has 1 aliphatic heterocycles. The number of carbonyl (C=O) groups is 1. The predicted molar refractivity (Wildman–Crippen MR) is 113 cm³/mol. The van der Waals surface area contributed by atoms with Gasteiger partial charge < -0.3 is 18.7 Å². The van der Waals surface area contributed by atoms with Gasteiger partial charge in [0.15, 0.2) is 5.82 Å². The summed E-state index contributed by atoms with van der Waals surface area (Å²) in [5.41, 5.74) is 3.41. The summed E-state index contributed by atoms with van der Waals surface area (Å²) in [5, 5.41) is 4.10. The van der Waals surface area contributed by atoms with Crippen molar-refractivity contribution in [2.24, 2.45) is 5.92 Å². The lowest BCUT2D eigenvalue weighted by Crippen LogP contribution is -2.40. The van der Waals surface area contributed by atoms with Crippen LogP contribution in [0.5, 0.6) is 0 Å². The fourth-order valence-corrected chi connectivity index (χ4v) is 4.24. The third-order valence-corrected chi connectivity index (χ3v) is 5.85. The number of piperidine rings is 1. The number of aryl methyl sites for hydroxylation is 1. The summed E-state index contributed by atoms with van der Waals surface area (Å²) in [4.78, 5) is 27.9. The molecule has 3 aromatic heterocycles. The molecule has 9 heteroatoms. The first-order chi connectivity index (χ1) is 15.1. The number of amides is 1. The molecule has 1 aliphatic rings. The van der Waals surface area contributed by atoms with Gasteiger partial charge >= 0.3 is 0 Å². The highest BCUT2D eigenvalue weighted by Gasteiger charge is 2.28. The minimum Gasteiger partial charge on any atom is -0.383 e. The van der Waals surface area contributed by atoms with Gasteiger partial charge in [-0.2, -0.15) is 4.98 Å². The molecule has 0 saturated carbocycles. The van der Waals surface area contributed by atoms with Gasteiger partial charge in [-0.1, -0.05) is 5.16 Å². The van der Waals surface area contributed by atoms with E-state index in [-0.39, 0.29) is 5.91 Å². The second kappa shape index (κ2) is 9.38. The number of aromatic nitrogens is 5. The van der Waals surface area contributed by atoms with Gasteiger partial charge in [0, 0.05) is 56.9 Å². The van der Waals surface area contributed by atoms with Crippen LogP contribution in [-0.2, 0) is 17.7 Å². The molecule has 0 spiro atoms. The number of hydrogen-bond acceptors (Lipinski definition) is 7. The maximum absolute atomic E-state index is 13.3. The molecule has 1 fully saturated rings. The van der Waals surface area contributed by atoms with Crippen molar-refractivity contribution in [2.45, 2.75) is 39.7 Å². The fraction of sp³-hybridized carbons (Fsp3) is 0.500. The minimum absolute atomic E-state index is 0.0924. The molecule has 3 aromatic rings. The molecular formula is C22H28N6O3. The van der Waals surface area contributed by atoms with Crippen LogP contribution in [0.4, 0.5) is 0 Å². The topological polar surface area (TPSA) is 99.2 Å². The first-order valence-corrected chi connectivity index (χ1v) is 10.6. The van der Waals surface area contributed by atoms with Crippen molar-refractivity contribution in [1.82, 2.24) is 29.6 Å². The SMILES string of the molecule is COCCn1c(C)cc(C(=O)N2CCCC(Cc3noc(-c4cnccn4)n3)C2)c1C. The highest BCUT2D eigenvalue weighted by atomic mass is 16.5. The zero-order valence-electron chi connectivity index (χ0n) is 18.2. The van der Waals surface area contributed by atoms with E-state index < -0.39 is 0 Å². The molecule has 0 bridgehead atoms. The van der Waals surface area contributed by atoms with Crippen LogP contribution >= 0.6 is 0 Å². The van der Waals surface area contributed by atoms with E-state index in [2.05, 4.69) is 24.7 Å². The molecule has 1 atom stereocenters. The maximum atomic E-state index is 13.3. The van der Waals surface area contributed by atoms with Crippen molar-refractivity contribution >= 4 is 5.91 Å². The summed E-state index contributed by atoms with van der Waals surface area (Å²) in [6, 6.07) is 1.99. The van der Waals surface area contributed by atoms with Crippen LogP contribution in [0.3, 0.4) is 0 Å². The minimum atomic E-state index is 0.0924. The summed E-state index contributed by atoms with van der Waals surface area (Å²) in [6.45, 7) is 6.87. The maximum Gasteiger partial charge on any atom is 0.278 e. The third-order valence-electron chi connectivity index (χ3n) is 5.85. The second-order valence-electron chi connectivity index (χ2n) is 8.00.